The van der Waals surface area contributed by atoms with E-state index in [4.69, 9.17) is 9.26 Å². The van der Waals surface area contributed by atoms with E-state index in [0.717, 1.165) is 47.5 Å². The highest BCUT2D eigenvalue weighted by molar-refractivity contribution is 5.90. The van der Waals surface area contributed by atoms with E-state index in [2.05, 4.69) is 37.5 Å². The van der Waals surface area contributed by atoms with Gasteiger partial charge in [0.05, 0.1) is 11.9 Å². The Bertz CT molecular complexity index is 1390. The Balaban J connectivity index is 0.00000484. The number of benzene rings is 1. The highest BCUT2D eigenvalue weighted by Crippen LogP contribution is 2.34. The van der Waals surface area contributed by atoms with E-state index in [1.54, 1.807) is 11.9 Å². The van der Waals surface area contributed by atoms with E-state index in [1.165, 1.54) is 0 Å². The first kappa shape index (κ1) is 32.8. The van der Waals surface area contributed by atoms with Crippen LogP contribution in [0.4, 0.5) is 10.5 Å². The standard InChI is InChI=1S/C31H42N6O4.ClH/c1-20-15-22(9-10-23(20)16-33-27(38)26-34-28(41-35-26)30(2,3)4)24-11-13-32-17-25(24)37-14-12-21(19-37)18-36(8)29(39)40-31(5,6)7;/h9-11,13,15,17,21H,12,14,16,18-19H2,1-8H3,(H,33,38);1H. The first-order chi connectivity index (χ1) is 19.2. The molecule has 42 heavy (non-hydrogen) atoms. The minimum absolute atomic E-state index is 0. The molecule has 11 heteroatoms. The predicted octanol–water partition coefficient (Wildman–Crippen LogP) is 5.78. The van der Waals surface area contributed by atoms with Gasteiger partial charge in [-0.15, -0.1) is 12.4 Å². The lowest BCUT2D eigenvalue weighted by atomic mass is 9.97. The van der Waals surface area contributed by atoms with Gasteiger partial charge in [0.15, 0.2) is 0 Å². The Morgan fingerprint density at radius 2 is 1.90 bits per heavy atom. The maximum absolute atomic E-state index is 12.6. The average Bonchev–Trinajstić information content (AvgIpc) is 3.57. The van der Waals surface area contributed by atoms with Crippen LogP contribution in [0, 0.1) is 12.8 Å². The fourth-order valence-electron chi connectivity index (χ4n) is 4.82. The van der Waals surface area contributed by atoms with Crippen LogP contribution in [0.15, 0.2) is 41.2 Å². The third kappa shape index (κ3) is 8.21. The van der Waals surface area contributed by atoms with Crippen LogP contribution < -0.4 is 10.2 Å². The molecule has 1 atom stereocenters. The second-order valence-electron chi connectivity index (χ2n) is 12.9. The molecule has 0 aliphatic carbocycles. The summed E-state index contributed by atoms with van der Waals surface area (Å²) in [5.41, 5.74) is 4.48. The summed E-state index contributed by atoms with van der Waals surface area (Å²) < 4.78 is 10.8. The fourth-order valence-corrected chi connectivity index (χ4v) is 4.82. The molecule has 1 unspecified atom stereocenters. The SMILES string of the molecule is Cc1cc(-c2ccncc2N2CCC(CN(C)C(=O)OC(C)(C)C)C2)ccc1CNC(=O)c1noc(C(C)(C)C)n1.Cl. The molecule has 0 bridgehead atoms. The molecule has 228 valence electrons. The largest absolute Gasteiger partial charge is 0.444 e. The molecule has 3 heterocycles. The molecule has 1 fully saturated rings. The number of nitrogens with zero attached hydrogens (tertiary/aromatic N) is 5. The van der Waals surface area contributed by atoms with Gasteiger partial charge in [-0.2, -0.15) is 4.98 Å². The topological polar surface area (TPSA) is 114 Å². The summed E-state index contributed by atoms with van der Waals surface area (Å²) in [6.07, 6.45) is 4.41. The van der Waals surface area contributed by atoms with Gasteiger partial charge in [-0.3, -0.25) is 9.78 Å². The third-order valence-corrected chi connectivity index (χ3v) is 7.03. The summed E-state index contributed by atoms with van der Waals surface area (Å²) in [6.45, 7) is 16.3. The van der Waals surface area contributed by atoms with Gasteiger partial charge in [-0.1, -0.05) is 44.1 Å². The number of anilines is 1. The maximum Gasteiger partial charge on any atom is 0.410 e. The molecular weight excluding hydrogens is 556 g/mol. The van der Waals surface area contributed by atoms with Crippen LogP contribution in [0.25, 0.3) is 11.1 Å². The zero-order valence-electron chi connectivity index (χ0n) is 25.9. The van der Waals surface area contributed by atoms with E-state index >= 15 is 0 Å². The van der Waals surface area contributed by atoms with Gasteiger partial charge in [0.2, 0.25) is 5.89 Å². The molecule has 1 saturated heterocycles. The summed E-state index contributed by atoms with van der Waals surface area (Å²) in [5.74, 6) is 0.430. The quantitative estimate of drug-likeness (QED) is 0.364. The molecule has 4 rings (SSSR count). The molecule has 0 radical (unpaired) electrons. The van der Waals surface area contributed by atoms with E-state index in [-0.39, 0.29) is 35.6 Å². The lowest BCUT2D eigenvalue weighted by Crippen LogP contribution is -2.37. The van der Waals surface area contributed by atoms with Crippen molar-refractivity contribution in [3.8, 4) is 11.1 Å². The van der Waals surface area contributed by atoms with Crippen LogP contribution in [0.1, 0.15) is 75.6 Å². The molecule has 3 aromatic rings. The van der Waals surface area contributed by atoms with Gasteiger partial charge >= 0.3 is 6.09 Å². The van der Waals surface area contributed by atoms with Crippen molar-refractivity contribution in [2.24, 2.45) is 5.92 Å². The minimum Gasteiger partial charge on any atom is -0.444 e. The smallest absolute Gasteiger partial charge is 0.410 e. The number of ether oxygens (including phenoxy) is 1. The highest BCUT2D eigenvalue weighted by atomic mass is 35.5. The monoisotopic (exact) mass is 598 g/mol. The number of hydrogen-bond donors (Lipinski definition) is 1. The van der Waals surface area contributed by atoms with Crippen molar-refractivity contribution < 1.29 is 18.8 Å². The number of rotatable bonds is 7. The van der Waals surface area contributed by atoms with Crippen molar-refractivity contribution in [1.82, 2.24) is 25.3 Å². The molecular formula is C31H43ClN6O4. The van der Waals surface area contributed by atoms with Crippen molar-refractivity contribution in [3.05, 3.63) is 59.5 Å². The Labute approximate surface area is 254 Å². The number of aryl methyl sites for hydroxylation is 1. The summed E-state index contributed by atoms with van der Waals surface area (Å²) in [5, 5.41) is 6.73. The summed E-state index contributed by atoms with van der Waals surface area (Å²) in [4.78, 5) is 37.7. The Morgan fingerprint density at radius 1 is 1.17 bits per heavy atom. The second kappa shape index (κ2) is 13.1. The van der Waals surface area contributed by atoms with Gasteiger partial charge < -0.3 is 24.4 Å². The van der Waals surface area contributed by atoms with Gasteiger partial charge in [0.1, 0.15) is 5.60 Å². The zero-order chi connectivity index (χ0) is 29.9. The van der Waals surface area contributed by atoms with Crippen LogP contribution >= 0.6 is 12.4 Å². The Hall–Kier alpha value is -3.66. The Kier molecular flexibility index (Phi) is 10.3. The zero-order valence-corrected chi connectivity index (χ0v) is 26.7. The van der Waals surface area contributed by atoms with Crippen LogP contribution in [0.3, 0.4) is 0 Å². The predicted molar refractivity (Wildman–Crippen MR) is 165 cm³/mol. The summed E-state index contributed by atoms with van der Waals surface area (Å²) >= 11 is 0. The van der Waals surface area contributed by atoms with E-state index < -0.39 is 5.60 Å². The maximum atomic E-state index is 12.6. The molecule has 0 saturated carbocycles. The van der Waals surface area contributed by atoms with E-state index in [0.29, 0.717) is 24.9 Å². The lowest BCUT2D eigenvalue weighted by molar-refractivity contribution is 0.0277. The Morgan fingerprint density at radius 3 is 2.55 bits per heavy atom. The molecule has 1 aromatic carbocycles. The van der Waals surface area contributed by atoms with Crippen molar-refractivity contribution in [3.63, 3.8) is 0 Å². The molecule has 2 aromatic heterocycles. The third-order valence-electron chi connectivity index (χ3n) is 7.03. The van der Waals surface area contributed by atoms with Crippen LogP contribution in [-0.2, 0) is 16.7 Å². The number of hydrogen-bond acceptors (Lipinski definition) is 8. The van der Waals surface area contributed by atoms with Crippen LogP contribution in [0.5, 0.6) is 0 Å². The molecule has 1 aliphatic rings. The molecule has 10 nitrogen and oxygen atoms in total. The lowest BCUT2D eigenvalue weighted by Gasteiger charge is -2.27. The van der Waals surface area contributed by atoms with E-state index in [9.17, 15) is 9.59 Å². The van der Waals surface area contributed by atoms with Crippen molar-refractivity contribution in [1.29, 1.82) is 0 Å². The van der Waals surface area contributed by atoms with Crippen molar-refractivity contribution >= 4 is 30.1 Å². The molecule has 1 aliphatic heterocycles. The van der Waals surface area contributed by atoms with Crippen LogP contribution in [-0.4, -0.2) is 64.3 Å². The molecule has 0 spiro atoms. The number of carbonyl (C=O) groups is 2. The molecule has 2 amide bonds. The van der Waals surface area contributed by atoms with Crippen LogP contribution in [0.2, 0.25) is 0 Å². The van der Waals surface area contributed by atoms with Gasteiger partial charge in [0.25, 0.3) is 11.7 Å². The number of halogens is 1. The van der Waals surface area contributed by atoms with Crippen molar-refractivity contribution in [2.75, 3.05) is 31.6 Å². The number of aromatic nitrogens is 3. The number of amides is 2. The average molecular weight is 599 g/mol. The molecule has 1 N–H and O–H groups in total. The van der Waals surface area contributed by atoms with Crippen molar-refractivity contribution in [2.45, 2.75) is 72.4 Å². The van der Waals surface area contributed by atoms with Gasteiger partial charge in [0, 0.05) is 50.4 Å². The van der Waals surface area contributed by atoms with E-state index in [1.807, 2.05) is 73.0 Å². The normalized spacial score (nSPS) is 15.2. The number of pyridine rings is 1. The first-order valence-corrected chi connectivity index (χ1v) is 14.1. The summed E-state index contributed by atoms with van der Waals surface area (Å²) in [6, 6.07) is 8.28. The first-order valence-electron chi connectivity index (χ1n) is 14.1. The highest BCUT2D eigenvalue weighted by Gasteiger charge is 2.29. The minimum atomic E-state index is -0.513. The van der Waals surface area contributed by atoms with Gasteiger partial charge in [-0.05, 0) is 62.8 Å². The second-order valence-corrected chi connectivity index (χ2v) is 12.9. The number of nitrogens with one attached hydrogen (secondary N) is 1. The fraction of sp³-hybridized carbons (Fsp3) is 0.516. The summed E-state index contributed by atoms with van der Waals surface area (Å²) in [7, 11) is 1.80. The number of carbonyl (C=O) groups excluding carboxylic acids is 2. The van der Waals surface area contributed by atoms with Gasteiger partial charge in [-0.25, -0.2) is 4.79 Å².